The number of nitriles is 1. The number of likely N-dealkylation sites (tertiary alicyclic amines) is 1. The zero-order valence-corrected chi connectivity index (χ0v) is 12.0. The van der Waals surface area contributed by atoms with Crippen molar-refractivity contribution in [2.45, 2.75) is 19.9 Å². The molecule has 3 nitrogen and oxygen atoms in total. The van der Waals surface area contributed by atoms with E-state index in [-0.39, 0.29) is 0 Å². The van der Waals surface area contributed by atoms with Crippen LogP contribution in [0.1, 0.15) is 24.5 Å². The summed E-state index contributed by atoms with van der Waals surface area (Å²) in [5, 5.41) is 9.52. The fraction of sp³-hybridized carbons (Fsp3) is 0.533. The van der Waals surface area contributed by atoms with Crippen LogP contribution in [0.2, 0.25) is 5.02 Å². The van der Waals surface area contributed by atoms with Gasteiger partial charge in [0.15, 0.2) is 0 Å². The van der Waals surface area contributed by atoms with Gasteiger partial charge in [-0.25, -0.2) is 0 Å². The zero-order chi connectivity index (χ0) is 13.8. The smallest absolute Gasteiger partial charge is 0.0992 e. The molecule has 0 aliphatic carbocycles. The van der Waals surface area contributed by atoms with Gasteiger partial charge in [-0.05, 0) is 49.0 Å². The number of rotatable bonds is 3. The summed E-state index contributed by atoms with van der Waals surface area (Å²) in [5.74, 6) is 1.28. The van der Waals surface area contributed by atoms with Gasteiger partial charge in [0.2, 0.25) is 0 Å². The summed E-state index contributed by atoms with van der Waals surface area (Å²) < 4.78 is 0. The molecule has 2 unspecified atom stereocenters. The second-order valence-electron chi connectivity index (χ2n) is 5.41. The Morgan fingerprint density at radius 2 is 2.32 bits per heavy atom. The second kappa shape index (κ2) is 6.38. The zero-order valence-electron chi connectivity index (χ0n) is 11.3. The Morgan fingerprint density at radius 1 is 1.53 bits per heavy atom. The number of nitrogens with zero attached hydrogens (tertiary/aromatic N) is 2. The van der Waals surface area contributed by atoms with Crippen LogP contribution in [0.3, 0.4) is 0 Å². The third-order valence-corrected chi connectivity index (χ3v) is 4.43. The SMILES string of the molecule is CC1CCN(Cc2ccc(C#N)cc2Cl)CC1CN. The average Bonchev–Trinajstić information content (AvgIpc) is 2.43. The maximum absolute atomic E-state index is 8.84. The van der Waals surface area contributed by atoms with Gasteiger partial charge in [0.1, 0.15) is 0 Å². The predicted octanol–water partition coefficient (Wildman–Crippen LogP) is 2.63. The molecule has 0 radical (unpaired) electrons. The van der Waals surface area contributed by atoms with Gasteiger partial charge in [0.05, 0.1) is 11.6 Å². The molecule has 0 bridgehead atoms. The lowest BCUT2D eigenvalue weighted by molar-refractivity contribution is 0.126. The van der Waals surface area contributed by atoms with E-state index in [9.17, 15) is 0 Å². The monoisotopic (exact) mass is 277 g/mol. The Bertz CT molecular complexity index is 481. The molecule has 2 N–H and O–H groups in total. The number of benzene rings is 1. The van der Waals surface area contributed by atoms with Gasteiger partial charge in [-0.1, -0.05) is 24.6 Å². The number of hydrogen-bond acceptors (Lipinski definition) is 3. The first-order chi connectivity index (χ1) is 9.13. The Balaban J connectivity index is 2.04. The van der Waals surface area contributed by atoms with Crippen LogP contribution in [0.4, 0.5) is 0 Å². The quantitative estimate of drug-likeness (QED) is 0.924. The maximum Gasteiger partial charge on any atom is 0.0992 e. The third-order valence-electron chi connectivity index (χ3n) is 4.08. The average molecular weight is 278 g/mol. The summed E-state index contributed by atoms with van der Waals surface area (Å²) in [7, 11) is 0. The molecule has 1 aliphatic rings. The maximum atomic E-state index is 8.84. The number of hydrogen-bond donors (Lipinski definition) is 1. The Labute approximate surface area is 120 Å². The van der Waals surface area contributed by atoms with E-state index in [4.69, 9.17) is 22.6 Å². The van der Waals surface area contributed by atoms with Gasteiger partial charge in [-0.3, -0.25) is 4.90 Å². The van der Waals surface area contributed by atoms with Gasteiger partial charge in [-0.15, -0.1) is 0 Å². The van der Waals surface area contributed by atoms with Crippen LogP contribution in [-0.4, -0.2) is 24.5 Å². The molecule has 0 aromatic heterocycles. The highest BCUT2D eigenvalue weighted by atomic mass is 35.5. The fourth-order valence-corrected chi connectivity index (χ4v) is 2.90. The highest BCUT2D eigenvalue weighted by Gasteiger charge is 2.25. The van der Waals surface area contributed by atoms with E-state index >= 15 is 0 Å². The van der Waals surface area contributed by atoms with Crippen LogP contribution in [0.15, 0.2) is 18.2 Å². The van der Waals surface area contributed by atoms with Crippen molar-refractivity contribution in [2.75, 3.05) is 19.6 Å². The van der Waals surface area contributed by atoms with Gasteiger partial charge in [-0.2, -0.15) is 5.26 Å². The molecular weight excluding hydrogens is 258 g/mol. The molecule has 2 rings (SSSR count). The van der Waals surface area contributed by atoms with Crippen molar-refractivity contribution < 1.29 is 0 Å². The molecule has 2 atom stereocenters. The van der Waals surface area contributed by atoms with Crippen molar-refractivity contribution in [1.29, 1.82) is 5.26 Å². The Morgan fingerprint density at radius 3 is 2.95 bits per heavy atom. The normalized spacial score (nSPS) is 24.1. The first-order valence-electron chi connectivity index (χ1n) is 6.75. The van der Waals surface area contributed by atoms with Crippen molar-refractivity contribution in [2.24, 2.45) is 17.6 Å². The van der Waals surface area contributed by atoms with Crippen molar-refractivity contribution >= 4 is 11.6 Å². The van der Waals surface area contributed by atoms with E-state index in [0.29, 0.717) is 22.4 Å². The van der Waals surface area contributed by atoms with Crippen LogP contribution in [0.5, 0.6) is 0 Å². The van der Waals surface area contributed by atoms with Gasteiger partial charge in [0, 0.05) is 18.1 Å². The first kappa shape index (κ1) is 14.3. The minimum Gasteiger partial charge on any atom is -0.330 e. The van der Waals surface area contributed by atoms with E-state index in [0.717, 1.165) is 31.7 Å². The van der Waals surface area contributed by atoms with Crippen molar-refractivity contribution in [1.82, 2.24) is 4.90 Å². The number of nitrogens with two attached hydrogens (primary N) is 1. The second-order valence-corrected chi connectivity index (χ2v) is 5.82. The van der Waals surface area contributed by atoms with E-state index in [1.54, 1.807) is 6.07 Å². The molecule has 102 valence electrons. The van der Waals surface area contributed by atoms with Crippen LogP contribution in [0.25, 0.3) is 0 Å². The minimum absolute atomic E-state index is 0.575. The Kier molecular flexibility index (Phi) is 4.81. The lowest BCUT2D eigenvalue weighted by atomic mass is 9.87. The summed E-state index contributed by atoms with van der Waals surface area (Å²) in [6.45, 7) is 6.00. The molecule has 4 heteroatoms. The van der Waals surface area contributed by atoms with Crippen LogP contribution >= 0.6 is 11.6 Å². The molecule has 0 spiro atoms. The van der Waals surface area contributed by atoms with E-state index in [1.165, 1.54) is 6.42 Å². The molecule has 1 saturated heterocycles. The number of halogens is 1. The highest BCUT2D eigenvalue weighted by molar-refractivity contribution is 6.31. The molecule has 19 heavy (non-hydrogen) atoms. The molecule has 1 aromatic carbocycles. The highest BCUT2D eigenvalue weighted by Crippen LogP contribution is 2.25. The fourth-order valence-electron chi connectivity index (χ4n) is 2.66. The van der Waals surface area contributed by atoms with Gasteiger partial charge < -0.3 is 5.73 Å². The molecule has 0 saturated carbocycles. The van der Waals surface area contributed by atoms with E-state index in [2.05, 4.69) is 17.9 Å². The lowest BCUT2D eigenvalue weighted by Crippen LogP contribution is -2.42. The van der Waals surface area contributed by atoms with Crippen LogP contribution in [0, 0.1) is 23.2 Å². The molecule has 1 heterocycles. The standard InChI is InChI=1S/C15H20ClN3/c1-11-4-5-19(10-14(11)8-18)9-13-3-2-12(7-17)6-15(13)16/h2-3,6,11,14H,4-5,8-10,18H2,1H3. The van der Waals surface area contributed by atoms with E-state index in [1.807, 2.05) is 12.1 Å². The Hall–Kier alpha value is -1.08. The molecule has 0 amide bonds. The lowest BCUT2D eigenvalue weighted by Gasteiger charge is -2.36. The minimum atomic E-state index is 0.575. The van der Waals surface area contributed by atoms with E-state index < -0.39 is 0 Å². The van der Waals surface area contributed by atoms with Crippen LogP contribution in [-0.2, 0) is 6.54 Å². The van der Waals surface area contributed by atoms with Crippen molar-refractivity contribution in [3.05, 3.63) is 34.3 Å². The molecule has 1 aromatic rings. The molecule has 1 fully saturated rings. The molecule has 1 aliphatic heterocycles. The summed E-state index contributed by atoms with van der Waals surface area (Å²) in [6.07, 6.45) is 1.19. The molecular formula is C15H20ClN3. The summed E-state index contributed by atoms with van der Waals surface area (Å²) in [6, 6.07) is 7.63. The van der Waals surface area contributed by atoms with Crippen LogP contribution < -0.4 is 5.73 Å². The van der Waals surface area contributed by atoms with Crippen molar-refractivity contribution in [3.63, 3.8) is 0 Å². The largest absolute Gasteiger partial charge is 0.330 e. The van der Waals surface area contributed by atoms with Gasteiger partial charge in [0.25, 0.3) is 0 Å². The third kappa shape index (κ3) is 3.48. The summed E-state index contributed by atoms with van der Waals surface area (Å²) in [4.78, 5) is 2.41. The summed E-state index contributed by atoms with van der Waals surface area (Å²) >= 11 is 6.22. The number of piperidine rings is 1. The first-order valence-corrected chi connectivity index (χ1v) is 7.12. The predicted molar refractivity (Wildman–Crippen MR) is 77.8 cm³/mol. The van der Waals surface area contributed by atoms with Crippen molar-refractivity contribution in [3.8, 4) is 6.07 Å². The topological polar surface area (TPSA) is 53.0 Å². The summed E-state index contributed by atoms with van der Waals surface area (Å²) in [5.41, 5.74) is 7.53. The van der Waals surface area contributed by atoms with Gasteiger partial charge >= 0.3 is 0 Å².